The van der Waals surface area contributed by atoms with Gasteiger partial charge in [0.1, 0.15) is 5.75 Å². The van der Waals surface area contributed by atoms with Crippen LogP contribution < -0.4 is 0 Å². The van der Waals surface area contributed by atoms with E-state index in [2.05, 4.69) is 38.8 Å². The first-order valence-electron chi connectivity index (χ1n) is 9.52. The van der Waals surface area contributed by atoms with E-state index in [1.807, 2.05) is 18.0 Å². The second-order valence-electron chi connectivity index (χ2n) is 8.64. The van der Waals surface area contributed by atoms with Gasteiger partial charge in [0.15, 0.2) is 0 Å². The predicted octanol–water partition coefficient (Wildman–Crippen LogP) is 3.17. The van der Waals surface area contributed by atoms with E-state index < -0.39 is 0 Å². The van der Waals surface area contributed by atoms with Gasteiger partial charge in [0.05, 0.1) is 6.04 Å². The molecule has 3 rings (SSSR count). The Morgan fingerprint density at radius 1 is 1.44 bits per heavy atom. The van der Waals surface area contributed by atoms with Gasteiger partial charge in [0.25, 0.3) is 0 Å². The van der Waals surface area contributed by atoms with E-state index in [0.717, 1.165) is 25.8 Å². The summed E-state index contributed by atoms with van der Waals surface area (Å²) in [6, 6.07) is 6.27. The molecule has 1 amide bonds. The second kappa shape index (κ2) is 6.64. The normalized spacial score (nSPS) is 28.7. The molecule has 2 bridgehead atoms. The van der Waals surface area contributed by atoms with Gasteiger partial charge >= 0.3 is 0 Å². The number of carbonyl (C=O) groups excluding carboxylic acids is 1. The number of phenols is 1. The lowest BCUT2D eigenvalue weighted by atomic mass is 9.61. The van der Waals surface area contributed by atoms with E-state index in [1.165, 1.54) is 11.1 Å². The number of amides is 1. The van der Waals surface area contributed by atoms with Crippen LogP contribution in [0.15, 0.2) is 18.2 Å². The van der Waals surface area contributed by atoms with Gasteiger partial charge < -0.3 is 14.9 Å². The summed E-state index contributed by atoms with van der Waals surface area (Å²) in [5, 5.41) is 10.0. The molecule has 2 aliphatic rings. The molecule has 0 aromatic heterocycles. The van der Waals surface area contributed by atoms with Crippen molar-refractivity contribution >= 4 is 5.91 Å². The molecule has 1 aliphatic carbocycles. The number of hydrogen-bond acceptors (Lipinski definition) is 3. The number of piperidine rings is 1. The standard InChI is InChI=1S/C21H32N2O2/c1-14(2)6-9-19(25)23(5)20-18-12-15-7-8-16(24)13-17(15)21(20,3)10-11-22(18)4/h7-8,13-14,18,20,24H,6,9-12H2,1-5H3/t18-,20+,21?/m1/s1. The summed E-state index contributed by atoms with van der Waals surface area (Å²) < 4.78 is 0. The number of aromatic hydroxyl groups is 1. The topological polar surface area (TPSA) is 43.8 Å². The number of nitrogens with zero attached hydrogens (tertiary/aromatic N) is 2. The molecule has 1 N–H and O–H groups in total. The Kier molecular flexibility index (Phi) is 4.84. The highest BCUT2D eigenvalue weighted by atomic mass is 16.3. The second-order valence-corrected chi connectivity index (χ2v) is 8.64. The lowest BCUT2D eigenvalue weighted by Crippen LogP contribution is -2.67. The van der Waals surface area contributed by atoms with E-state index >= 15 is 0 Å². The van der Waals surface area contributed by atoms with E-state index in [-0.39, 0.29) is 17.4 Å². The van der Waals surface area contributed by atoms with Crippen molar-refractivity contribution in [2.45, 2.75) is 64.0 Å². The average Bonchev–Trinajstić information content (AvgIpc) is 2.56. The van der Waals surface area contributed by atoms with Crippen molar-refractivity contribution in [2.75, 3.05) is 20.6 Å². The largest absolute Gasteiger partial charge is 0.508 e. The highest BCUT2D eigenvalue weighted by molar-refractivity contribution is 5.76. The molecule has 0 spiro atoms. The minimum absolute atomic E-state index is 0.105. The first-order chi connectivity index (χ1) is 11.7. The first kappa shape index (κ1) is 18.2. The Bertz CT molecular complexity index is 657. The number of hydrogen-bond donors (Lipinski definition) is 1. The maximum absolute atomic E-state index is 12.9. The molecular weight excluding hydrogens is 312 g/mol. The minimum Gasteiger partial charge on any atom is -0.508 e. The Labute approximate surface area is 151 Å². The molecule has 1 unspecified atom stereocenters. The summed E-state index contributed by atoms with van der Waals surface area (Å²) in [4.78, 5) is 17.3. The molecule has 1 saturated heterocycles. The number of fused-ring (bicyclic) bond motifs is 4. The van der Waals surface area contributed by atoms with Crippen molar-refractivity contribution in [3.8, 4) is 5.75 Å². The molecule has 25 heavy (non-hydrogen) atoms. The van der Waals surface area contributed by atoms with Crippen LogP contribution in [0.2, 0.25) is 0 Å². The van der Waals surface area contributed by atoms with Crippen LogP contribution in [0, 0.1) is 5.92 Å². The lowest BCUT2D eigenvalue weighted by molar-refractivity contribution is -0.137. The van der Waals surface area contributed by atoms with Crippen LogP contribution in [-0.2, 0) is 16.6 Å². The van der Waals surface area contributed by atoms with Crippen molar-refractivity contribution in [2.24, 2.45) is 5.92 Å². The van der Waals surface area contributed by atoms with Crippen LogP contribution in [0.3, 0.4) is 0 Å². The van der Waals surface area contributed by atoms with E-state index in [1.54, 1.807) is 6.07 Å². The van der Waals surface area contributed by atoms with Crippen molar-refractivity contribution in [1.29, 1.82) is 0 Å². The third kappa shape index (κ3) is 3.17. The summed E-state index contributed by atoms with van der Waals surface area (Å²) in [6.07, 6.45) is 3.49. The smallest absolute Gasteiger partial charge is 0.222 e. The van der Waals surface area contributed by atoms with Gasteiger partial charge in [-0.3, -0.25) is 4.79 Å². The molecule has 1 heterocycles. The molecule has 1 fully saturated rings. The summed E-state index contributed by atoms with van der Waals surface area (Å²) in [7, 11) is 4.15. The Morgan fingerprint density at radius 2 is 2.16 bits per heavy atom. The Morgan fingerprint density at radius 3 is 2.84 bits per heavy atom. The molecule has 3 atom stereocenters. The lowest BCUT2D eigenvalue weighted by Gasteiger charge is -2.57. The van der Waals surface area contributed by atoms with Crippen LogP contribution in [0.1, 0.15) is 51.2 Å². The minimum atomic E-state index is -0.105. The summed E-state index contributed by atoms with van der Waals surface area (Å²) >= 11 is 0. The van der Waals surface area contributed by atoms with E-state index in [0.29, 0.717) is 24.1 Å². The summed E-state index contributed by atoms with van der Waals surface area (Å²) in [5.41, 5.74) is 2.44. The Hall–Kier alpha value is -1.55. The van der Waals surface area contributed by atoms with Crippen LogP contribution in [0.5, 0.6) is 5.75 Å². The molecule has 1 aliphatic heterocycles. The van der Waals surface area contributed by atoms with E-state index in [4.69, 9.17) is 0 Å². The molecule has 0 saturated carbocycles. The van der Waals surface area contributed by atoms with Gasteiger partial charge in [-0.25, -0.2) is 0 Å². The highest BCUT2D eigenvalue weighted by Crippen LogP contribution is 2.47. The van der Waals surface area contributed by atoms with Crippen molar-refractivity contribution in [3.63, 3.8) is 0 Å². The Balaban J connectivity index is 1.96. The fourth-order valence-corrected chi connectivity index (χ4v) is 4.88. The molecule has 0 radical (unpaired) electrons. The highest BCUT2D eigenvalue weighted by Gasteiger charge is 2.52. The van der Waals surface area contributed by atoms with Crippen molar-refractivity contribution < 1.29 is 9.90 Å². The summed E-state index contributed by atoms with van der Waals surface area (Å²) in [5.74, 6) is 1.11. The van der Waals surface area contributed by atoms with Crippen LogP contribution in [0.25, 0.3) is 0 Å². The maximum atomic E-state index is 12.9. The molecule has 1 aromatic rings. The van der Waals surface area contributed by atoms with Crippen LogP contribution in [-0.4, -0.2) is 53.5 Å². The fraction of sp³-hybridized carbons (Fsp3) is 0.667. The molecule has 4 nitrogen and oxygen atoms in total. The molecule has 4 heteroatoms. The van der Waals surface area contributed by atoms with Gasteiger partial charge in [0.2, 0.25) is 5.91 Å². The SMILES string of the molecule is CC(C)CCC(=O)N(C)[C@H]1[C@H]2Cc3ccc(O)cc3C1(C)CCN2C. The fourth-order valence-electron chi connectivity index (χ4n) is 4.88. The third-order valence-corrected chi connectivity index (χ3v) is 6.45. The monoisotopic (exact) mass is 344 g/mol. The molecule has 1 aromatic carbocycles. The van der Waals surface area contributed by atoms with Gasteiger partial charge in [-0.05, 0) is 62.0 Å². The number of phenolic OH excluding ortho intramolecular Hbond substituents is 1. The maximum Gasteiger partial charge on any atom is 0.222 e. The quantitative estimate of drug-likeness (QED) is 0.912. The number of likely N-dealkylation sites (tertiary alicyclic amines) is 1. The van der Waals surface area contributed by atoms with Crippen LogP contribution in [0.4, 0.5) is 0 Å². The zero-order valence-corrected chi connectivity index (χ0v) is 16.2. The third-order valence-electron chi connectivity index (χ3n) is 6.45. The average molecular weight is 344 g/mol. The number of likely N-dealkylation sites (N-methyl/N-ethyl adjacent to an activating group) is 2. The first-order valence-corrected chi connectivity index (χ1v) is 9.52. The van der Waals surface area contributed by atoms with Crippen LogP contribution >= 0.6 is 0 Å². The van der Waals surface area contributed by atoms with E-state index in [9.17, 15) is 9.90 Å². The predicted molar refractivity (Wildman–Crippen MR) is 101 cm³/mol. The number of rotatable bonds is 4. The molecule has 138 valence electrons. The zero-order chi connectivity index (χ0) is 18.4. The zero-order valence-electron chi connectivity index (χ0n) is 16.2. The number of carbonyl (C=O) groups is 1. The van der Waals surface area contributed by atoms with Crippen molar-refractivity contribution in [3.05, 3.63) is 29.3 Å². The summed E-state index contributed by atoms with van der Waals surface area (Å²) in [6.45, 7) is 7.63. The van der Waals surface area contributed by atoms with Gasteiger partial charge in [0, 0.05) is 24.9 Å². The van der Waals surface area contributed by atoms with Gasteiger partial charge in [-0.15, -0.1) is 0 Å². The van der Waals surface area contributed by atoms with Gasteiger partial charge in [-0.2, -0.15) is 0 Å². The molecular formula is C21H32N2O2. The van der Waals surface area contributed by atoms with Gasteiger partial charge in [-0.1, -0.05) is 26.8 Å². The number of benzene rings is 1. The van der Waals surface area contributed by atoms with Crippen molar-refractivity contribution in [1.82, 2.24) is 9.80 Å².